The fourth-order valence-corrected chi connectivity index (χ4v) is 2.78. The van der Waals surface area contributed by atoms with E-state index in [1.165, 1.54) is 19.2 Å². The van der Waals surface area contributed by atoms with Crippen LogP contribution in [0.25, 0.3) is 0 Å². The molecule has 0 unspecified atom stereocenters. The van der Waals surface area contributed by atoms with Crippen LogP contribution in [0, 0.1) is 0 Å². The van der Waals surface area contributed by atoms with Crippen molar-refractivity contribution in [3.8, 4) is 17.2 Å². The summed E-state index contributed by atoms with van der Waals surface area (Å²) >= 11 is 0. The average molecular weight is 340 g/mol. The molecule has 0 saturated heterocycles. The fraction of sp³-hybridized carbons (Fsp3) is 0.588. The molecule has 0 aliphatic heterocycles. The minimum Gasteiger partial charge on any atom is -0.508 e. The van der Waals surface area contributed by atoms with Gasteiger partial charge in [-0.15, -0.1) is 0 Å². The molecule has 1 rings (SSSR count). The molecule has 1 aromatic carbocycles. The minimum absolute atomic E-state index is 0.00741. The number of rotatable bonds is 10. The number of hydrogen-bond donors (Lipinski definition) is 1. The molecule has 0 bridgehead atoms. The van der Waals surface area contributed by atoms with E-state index in [9.17, 15) is 9.90 Å². The van der Waals surface area contributed by atoms with E-state index >= 15 is 0 Å². The van der Waals surface area contributed by atoms with Crippen molar-refractivity contribution in [2.45, 2.75) is 45.5 Å². The Hall–Kier alpha value is -1.53. The van der Waals surface area contributed by atoms with E-state index in [2.05, 4.69) is 19.6 Å². The van der Waals surface area contributed by atoms with E-state index in [0.717, 1.165) is 12.5 Å². The molecular formula is C17H28O5Si. The predicted molar refractivity (Wildman–Crippen MR) is 93.5 cm³/mol. The molecule has 0 aliphatic carbocycles. The number of phenolic OH excluding ortho intramolecular Hbond substituents is 1. The average Bonchev–Trinajstić information content (AvgIpc) is 2.45. The first kappa shape index (κ1) is 19.5. The Morgan fingerprint density at radius 1 is 1.22 bits per heavy atom. The second-order valence-electron chi connectivity index (χ2n) is 6.68. The summed E-state index contributed by atoms with van der Waals surface area (Å²) in [7, 11) is 0.320. The number of carbonyl (C=O) groups is 1. The van der Waals surface area contributed by atoms with E-state index in [1.807, 2.05) is 6.92 Å². The Bertz CT molecular complexity index is 522. The lowest BCUT2D eigenvalue weighted by Crippen LogP contribution is -2.22. The van der Waals surface area contributed by atoms with Crippen LogP contribution in [0.1, 0.15) is 30.1 Å². The van der Waals surface area contributed by atoms with Gasteiger partial charge in [0.15, 0.2) is 12.6 Å². The van der Waals surface area contributed by atoms with E-state index in [-0.39, 0.29) is 18.3 Å². The minimum atomic E-state index is -1.14. The highest BCUT2D eigenvalue weighted by Crippen LogP contribution is 2.34. The van der Waals surface area contributed by atoms with Crippen LogP contribution in [-0.4, -0.2) is 39.5 Å². The number of methoxy groups -OCH3 is 1. The Morgan fingerprint density at radius 2 is 1.87 bits per heavy atom. The third-order valence-electron chi connectivity index (χ3n) is 3.32. The number of carbonyl (C=O) groups excluding carboxylic acids is 1. The molecule has 0 heterocycles. The first-order valence-corrected chi connectivity index (χ1v) is 11.6. The molecular weight excluding hydrogens is 312 g/mol. The summed E-state index contributed by atoms with van der Waals surface area (Å²) in [6.45, 7) is 9.44. The lowest BCUT2D eigenvalue weighted by molar-refractivity contribution is 0.0213. The molecule has 1 N–H and O–H groups in total. The zero-order valence-electron chi connectivity index (χ0n) is 14.8. The normalized spacial score (nSPS) is 11.3. The van der Waals surface area contributed by atoms with Gasteiger partial charge in [0, 0.05) is 33.2 Å². The molecule has 0 fully saturated rings. The second kappa shape index (κ2) is 8.93. The number of benzene rings is 1. The lowest BCUT2D eigenvalue weighted by Gasteiger charge is -2.17. The molecule has 0 saturated carbocycles. The molecule has 130 valence electrons. The van der Waals surface area contributed by atoms with Gasteiger partial charge in [0.25, 0.3) is 0 Å². The SMILES string of the molecule is CCCC(=O)c1c(OC)cc(O)cc1OCOCC[Si](C)(C)C. The number of hydrogen-bond acceptors (Lipinski definition) is 5. The van der Waals surface area contributed by atoms with Crippen LogP contribution in [0.4, 0.5) is 0 Å². The first-order chi connectivity index (χ1) is 10.8. The molecule has 0 amide bonds. The third kappa shape index (κ3) is 6.62. The van der Waals surface area contributed by atoms with Gasteiger partial charge in [-0.05, 0) is 12.5 Å². The van der Waals surface area contributed by atoms with Crippen LogP contribution in [0.5, 0.6) is 17.2 Å². The summed E-state index contributed by atoms with van der Waals surface area (Å²) in [4.78, 5) is 12.3. The van der Waals surface area contributed by atoms with Crippen LogP contribution in [-0.2, 0) is 4.74 Å². The number of ketones is 1. The zero-order valence-corrected chi connectivity index (χ0v) is 15.8. The maximum Gasteiger partial charge on any atom is 0.189 e. The topological polar surface area (TPSA) is 65.0 Å². The quantitative estimate of drug-likeness (QED) is 0.301. The van der Waals surface area contributed by atoms with Gasteiger partial charge in [0.1, 0.15) is 22.8 Å². The van der Waals surface area contributed by atoms with Crippen LogP contribution >= 0.6 is 0 Å². The van der Waals surface area contributed by atoms with E-state index in [1.54, 1.807) is 0 Å². The molecule has 23 heavy (non-hydrogen) atoms. The number of aromatic hydroxyl groups is 1. The molecule has 0 spiro atoms. The van der Waals surface area contributed by atoms with Gasteiger partial charge in [-0.25, -0.2) is 0 Å². The Labute approximate surface area is 139 Å². The van der Waals surface area contributed by atoms with Gasteiger partial charge in [-0.2, -0.15) is 0 Å². The summed E-state index contributed by atoms with van der Waals surface area (Å²) in [5.41, 5.74) is 0.362. The standard InChI is InChI=1S/C17H28O5Si/c1-6-7-14(19)17-15(20-2)10-13(18)11-16(17)22-12-21-8-9-23(3,4)5/h10-11,18H,6-9,12H2,1-5H3. The van der Waals surface area contributed by atoms with E-state index in [4.69, 9.17) is 14.2 Å². The summed E-state index contributed by atoms with van der Waals surface area (Å²) in [6, 6.07) is 3.89. The highest BCUT2D eigenvalue weighted by atomic mass is 28.3. The maximum atomic E-state index is 12.3. The van der Waals surface area contributed by atoms with Crippen LogP contribution < -0.4 is 9.47 Å². The Balaban J connectivity index is 2.79. The smallest absolute Gasteiger partial charge is 0.189 e. The van der Waals surface area contributed by atoms with E-state index in [0.29, 0.717) is 30.1 Å². The summed E-state index contributed by atoms with van der Waals surface area (Å²) in [5.74, 6) is 0.544. The highest BCUT2D eigenvalue weighted by molar-refractivity contribution is 6.76. The lowest BCUT2D eigenvalue weighted by atomic mass is 10.0. The van der Waals surface area contributed by atoms with Crippen molar-refractivity contribution < 1.29 is 24.1 Å². The Kier molecular flexibility index (Phi) is 7.58. The molecule has 0 radical (unpaired) electrons. The van der Waals surface area contributed by atoms with Crippen molar-refractivity contribution >= 4 is 13.9 Å². The predicted octanol–water partition coefficient (Wildman–Crippen LogP) is 4.07. The summed E-state index contributed by atoms with van der Waals surface area (Å²) in [6.07, 6.45) is 1.13. The summed E-state index contributed by atoms with van der Waals surface area (Å²) < 4.78 is 16.3. The molecule has 0 atom stereocenters. The van der Waals surface area contributed by atoms with Crippen molar-refractivity contribution in [3.05, 3.63) is 17.7 Å². The van der Waals surface area contributed by atoms with Crippen LogP contribution in [0.15, 0.2) is 12.1 Å². The highest BCUT2D eigenvalue weighted by Gasteiger charge is 2.20. The molecule has 6 heteroatoms. The monoisotopic (exact) mass is 340 g/mol. The number of Topliss-reactive ketones (excluding diaryl/α,β-unsaturated/α-hetero) is 1. The largest absolute Gasteiger partial charge is 0.508 e. The second-order valence-corrected chi connectivity index (χ2v) is 12.3. The Morgan fingerprint density at radius 3 is 2.43 bits per heavy atom. The van der Waals surface area contributed by atoms with Crippen molar-refractivity contribution in [2.75, 3.05) is 20.5 Å². The van der Waals surface area contributed by atoms with Crippen LogP contribution in [0.3, 0.4) is 0 Å². The summed E-state index contributed by atoms with van der Waals surface area (Å²) in [5, 5.41) is 9.76. The van der Waals surface area contributed by atoms with E-state index < -0.39 is 8.07 Å². The fourth-order valence-electron chi connectivity index (χ4n) is 2.02. The van der Waals surface area contributed by atoms with Gasteiger partial charge in [-0.3, -0.25) is 4.79 Å². The maximum absolute atomic E-state index is 12.3. The zero-order chi connectivity index (χ0) is 17.5. The van der Waals surface area contributed by atoms with Crippen molar-refractivity contribution in [2.24, 2.45) is 0 Å². The van der Waals surface area contributed by atoms with Gasteiger partial charge in [-0.1, -0.05) is 26.6 Å². The molecule has 5 nitrogen and oxygen atoms in total. The van der Waals surface area contributed by atoms with Crippen molar-refractivity contribution in [1.29, 1.82) is 0 Å². The van der Waals surface area contributed by atoms with Gasteiger partial charge in [0.05, 0.1) is 7.11 Å². The molecule has 0 aliphatic rings. The van der Waals surface area contributed by atoms with Gasteiger partial charge >= 0.3 is 0 Å². The molecule has 1 aromatic rings. The first-order valence-electron chi connectivity index (χ1n) is 7.93. The number of ether oxygens (including phenoxy) is 3. The van der Waals surface area contributed by atoms with Crippen molar-refractivity contribution in [1.82, 2.24) is 0 Å². The number of phenols is 1. The van der Waals surface area contributed by atoms with Crippen LogP contribution in [0.2, 0.25) is 25.7 Å². The van der Waals surface area contributed by atoms with Crippen molar-refractivity contribution in [3.63, 3.8) is 0 Å². The van der Waals surface area contributed by atoms with Gasteiger partial charge in [0.2, 0.25) is 0 Å². The molecule has 0 aromatic heterocycles. The van der Waals surface area contributed by atoms with Gasteiger partial charge < -0.3 is 19.3 Å². The third-order valence-corrected chi connectivity index (χ3v) is 5.02.